The second-order valence-electron chi connectivity index (χ2n) is 4.09. The Morgan fingerprint density at radius 3 is 2.65 bits per heavy atom. The highest BCUT2D eigenvalue weighted by molar-refractivity contribution is 5.17. The molecule has 0 aromatic carbocycles. The number of methoxy groups -OCH3 is 1. The van der Waals surface area contributed by atoms with Gasteiger partial charge in [-0.05, 0) is 25.8 Å². The molecule has 1 aromatic rings. The molecule has 0 aliphatic carbocycles. The Labute approximate surface area is 104 Å². The molecule has 96 valence electrons. The quantitative estimate of drug-likeness (QED) is 0.753. The maximum Gasteiger partial charge on any atom is 0.235 e. The zero-order valence-electron chi connectivity index (χ0n) is 11.1. The van der Waals surface area contributed by atoms with Gasteiger partial charge in [0.15, 0.2) is 0 Å². The maximum absolute atomic E-state index is 5.20. The van der Waals surface area contributed by atoms with E-state index >= 15 is 0 Å². The van der Waals surface area contributed by atoms with Crippen molar-refractivity contribution in [1.82, 2.24) is 15.3 Å². The molecule has 1 heterocycles. The number of ether oxygens (including phenoxy) is 1. The molecule has 0 saturated carbocycles. The van der Waals surface area contributed by atoms with Crippen LogP contribution in [0, 0.1) is 0 Å². The first-order valence-electron chi connectivity index (χ1n) is 6.39. The Kier molecular flexibility index (Phi) is 6.55. The first kappa shape index (κ1) is 13.9. The van der Waals surface area contributed by atoms with E-state index in [1.54, 1.807) is 19.5 Å². The molecule has 1 unspecified atom stereocenters. The van der Waals surface area contributed by atoms with Crippen molar-refractivity contribution < 1.29 is 4.74 Å². The second kappa shape index (κ2) is 8.01. The van der Waals surface area contributed by atoms with Gasteiger partial charge in [-0.25, -0.2) is 4.98 Å². The van der Waals surface area contributed by atoms with Crippen LogP contribution in [0.1, 0.15) is 38.8 Å². The van der Waals surface area contributed by atoms with Gasteiger partial charge in [0.25, 0.3) is 0 Å². The Balaban J connectivity index is 2.52. The highest BCUT2D eigenvalue weighted by Crippen LogP contribution is 2.14. The lowest BCUT2D eigenvalue weighted by atomic mass is 10.0. The van der Waals surface area contributed by atoms with Crippen molar-refractivity contribution in [2.75, 3.05) is 13.7 Å². The summed E-state index contributed by atoms with van der Waals surface area (Å²) in [4.78, 5) is 8.49. The highest BCUT2D eigenvalue weighted by Gasteiger charge is 2.10. The first-order valence-corrected chi connectivity index (χ1v) is 6.39. The van der Waals surface area contributed by atoms with E-state index in [1.165, 1.54) is 12.8 Å². The molecule has 1 rings (SSSR count). The van der Waals surface area contributed by atoms with Crippen LogP contribution in [0.2, 0.25) is 0 Å². The van der Waals surface area contributed by atoms with Crippen LogP contribution < -0.4 is 10.1 Å². The highest BCUT2D eigenvalue weighted by atomic mass is 16.5. The van der Waals surface area contributed by atoms with Crippen LogP contribution in [0.15, 0.2) is 12.4 Å². The van der Waals surface area contributed by atoms with Crippen LogP contribution in [0.5, 0.6) is 5.88 Å². The summed E-state index contributed by atoms with van der Waals surface area (Å²) in [5, 5.41) is 3.50. The van der Waals surface area contributed by atoms with Crippen molar-refractivity contribution in [3.8, 4) is 5.88 Å². The third kappa shape index (κ3) is 4.69. The first-order chi connectivity index (χ1) is 8.31. The van der Waals surface area contributed by atoms with Gasteiger partial charge in [0.1, 0.15) is 5.69 Å². The lowest BCUT2D eigenvalue weighted by Gasteiger charge is -2.16. The summed E-state index contributed by atoms with van der Waals surface area (Å²) in [6.45, 7) is 5.38. The molecule has 0 spiro atoms. The van der Waals surface area contributed by atoms with Crippen LogP contribution in [-0.4, -0.2) is 29.7 Å². The van der Waals surface area contributed by atoms with Crippen LogP contribution in [0.25, 0.3) is 0 Å². The van der Waals surface area contributed by atoms with Gasteiger partial charge in [0.05, 0.1) is 7.11 Å². The van der Waals surface area contributed by atoms with Crippen molar-refractivity contribution in [1.29, 1.82) is 0 Å². The van der Waals surface area contributed by atoms with Crippen molar-refractivity contribution in [2.45, 2.75) is 45.6 Å². The predicted molar refractivity (Wildman–Crippen MR) is 69.3 cm³/mol. The summed E-state index contributed by atoms with van der Waals surface area (Å²) in [7, 11) is 1.64. The molecule has 4 nitrogen and oxygen atoms in total. The van der Waals surface area contributed by atoms with Gasteiger partial charge in [0, 0.05) is 18.4 Å². The number of nitrogens with one attached hydrogen (secondary N) is 1. The van der Waals surface area contributed by atoms with Gasteiger partial charge in [-0.15, -0.1) is 0 Å². The molecule has 1 atom stereocenters. The molecule has 0 fully saturated rings. The SMILES string of the molecule is CCCC(CCc1nccnc1OC)NCC. The summed E-state index contributed by atoms with van der Waals surface area (Å²) in [6, 6.07) is 0.566. The van der Waals surface area contributed by atoms with Crippen molar-refractivity contribution in [3.63, 3.8) is 0 Å². The third-order valence-corrected chi connectivity index (χ3v) is 2.79. The van der Waals surface area contributed by atoms with E-state index in [-0.39, 0.29) is 0 Å². The summed E-state index contributed by atoms with van der Waals surface area (Å²) in [5.74, 6) is 0.652. The monoisotopic (exact) mass is 237 g/mol. The minimum Gasteiger partial charge on any atom is -0.480 e. The van der Waals surface area contributed by atoms with Crippen molar-refractivity contribution >= 4 is 0 Å². The maximum atomic E-state index is 5.20. The zero-order valence-corrected chi connectivity index (χ0v) is 11.1. The van der Waals surface area contributed by atoms with Crippen LogP contribution in [-0.2, 0) is 6.42 Å². The molecular weight excluding hydrogens is 214 g/mol. The minimum atomic E-state index is 0.566. The van der Waals surface area contributed by atoms with E-state index in [4.69, 9.17) is 4.74 Å². The molecule has 0 aliphatic rings. The fraction of sp³-hybridized carbons (Fsp3) is 0.692. The topological polar surface area (TPSA) is 47.0 Å². The minimum absolute atomic E-state index is 0.566. The van der Waals surface area contributed by atoms with Gasteiger partial charge < -0.3 is 10.1 Å². The van der Waals surface area contributed by atoms with Crippen LogP contribution >= 0.6 is 0 Å². The molecule has 0 bridgehead atoms. The molecule has 0 amide bonds. The molecule has 17 heavy (non-hydrogen) atoms. The molecular formula is C13H23N3O. The summed E-state index contributed by atoms with van der Waals surface area (Å²) in [6.07, 6.45) is 7.78. The number of rotatable bonds is 8. The number of aromatic nitrogens is 2. The van der Waals surface area contributed by atoms with Gasteiger partial charge in [-0.1, -0.05) is 20.3 Å². The summed E-state index contributed by atoms with van der Waals surface area (Å²) < 4.78 is 5.20. The molecule has 0 aliphatic heterocycles. The van der Waals surface area contributed by atoms with E-state index in [0.29, 0.717) is 11.9 Å². The van der Waals surface area contributed by atoms with E-state index in [0.717, 1.165) is 25.1 Å². The number of nitrogens with zero attached hydrogens (tertiary/aromatic N) is 2. The van der Waals surface area contributed by atoms with E-state index < -0.39 is 0 Å². The fourth-order valence-corrected chi connectivity index (χ4v) is 1.99. The smallest absolute Gasteiger partial charge is 0.235 e. The number of hydrogen-bond donors (Lipinski definition) is 1. The Morgan fingerprint density at radius 2 is 2.00 bits per heavy atom. The fourth-order valence-electron chi connectivity index (χ4n) is 1.99. The molecule has 0 saturated heterocycles. The average molecular weight is 237 g/mol. The largest absolute Gasteiger partial charge is 0.480 e. The summed E-state index contributed by atoms with van der Waals surface area (Å²) in [5.41, 5.74) is 0.953. The normalized spacial score (nSPS) is 12.4. The van der Waals surface area contributed by atoms with Crippen molar-refractivity contribution in [2.24, 2.45) is 0 Å². The molecule has 1 N–H and O–H groups in total. The van der Waals surface area contributed by atoms with Gasteiger partial charge in [-0.2, -0.15) is 0 Å². The van der Waals surface area contributed by atoms with Crippen LogP contribution in [0.3, 0.4) is 0 Å². The molecule has 4 heteroatoms. The number of hydrogen-bond acceptors (Lipinski definition) is 4. The molecule has 0 radical (unpaired) electrons. The average Bonchev–Trinajstić information content (AvgIpc) is 2.37. The van der Waals surface area contributed by atoms with Gasteiger partial charge in [0.2, 0.25) is 5.88 Å². The van der Waals surface area contributed by atoms with Gasteiger partial charge in [-0.3, -0.25) is 4.98 Å². The van der Waals surface area contributed by atoms with Gasteiger partial charge >= 0.3 is 0 Å². The van der Waals surface area contributed by atoms with E-state index in [1.807, 2.05) is 0 Å². The predicted octanol–water partition coefficient (Wildman–Crippen LogP) is 2.20. The Morgan fingerprint density at radius 1 is 1.24 bits per heavy atom. The molecule has 1 aromatic heterocycles. The third-order valence-electron chi connectivity index (χ3n) is 2.79. The lowest BCUT2D eigenvalue weighted by Crippen LogP contribution is -2.29. The Bertz CT molecular complexity index is 311. The summed E-state index contributed by atoms with van der Waals surface area (Å²) >= 11 is 0. The van der Waals surface area contributed by atoms with Crippen LogP contribution in [0.4, 0.5) is 0 Å². The van der Waals surface area contributed by atoms with E-state index in [9.17, 15) is 0 Å². The van der Waals surface area contributed by atoms with E-state index in [2.05, 4.69) is 29.1 Å². The lowest BCUT2D eigenvalue weighted by molar-refractivity contribution is 0.384. The number of aryl methyl sites for hydroxylation is 1. The Hall–Kier alpha value is -1.16. The standard InChI is InChI=1S/C13H23N3O/c1-4-6-11(14-5-2)7-8-12-13(17-3)16-10-9-15-12/h9-11,14H,4-8H2,1-3H3. The zero-order chi connectivity index (χ0) is 12.5. The second-order valence-corrected chi connectivity index (χ2v) is 4.09. The van der Waals surface area contributed by atoms with Crippen molar-refractivity contribution in [3.05, 3.63) is 18.1 Å².